The van der Waals surface area contributed by atoms with E-state index in [9.17, 15) is 15.2 Å². The Labute approximate surface area is 113 Å². The number of nitriles is 1. The Balaban J connectivity index is 2.40. The fraction of sp³-hybridized carbons (Fsp3) is 0.467. The van der Waals surface area contributed by atoms with E-state index in [1.165, 1.54) is 0 Å². The molecule has 0 bridgehead atoms. The molecule has 4 nitrogen and oxygen atoms in total. The molecule has 2 rings (SSSR count). The van der Waals surface area contributed by atoms with Crippen molar-refractivity contribution in [3.05, 3.63) is 35.9 Å². The minimum absolute atomic E-state index is 0.0572. The molecule has 0 saturated carbocycles. The van der Waals surface area contributed by atoms with Crippen molar-refractivity contribution in [2.24, 2.45) is 0 Å². The van der Waals surface area contributed by atoms with E-state index in [1.807, 2.05) is 30.3 Å². The number of rotatable bonds is 3. The van der Waals surface area contributed by atoms with Crippen molar-refractivity contribution in [2.75, 3.05) is 6.61 Å². The van der Waals surface area contributed by atoms with E-state index >= 15 is 0 Å². The first-order valence-electron chi connectivity index (χ1n) is 6.51. The van der Waals surface area contributed by atoms with Gasteiger partial charge in [0.2, 0.25) is 5.91 Å². The van der Waals surface area contributed by atoms with Gasteiger partial charge in [-0.15, -0.1) is 0 Å². The van der Waals surface area contributed by atoms with Crippen LogP contribution < -0.4 is 0 Å². The quantitative estimate of drug-likeness (QED) is 0.902. The molecule has 4 heteroatoms. The topological polar surface area (TPSA) is 64.3 Å². The Morgan fingerprint density at radius 2 is 2.16 bits per heavy atom. The van der Waals surface area contributed by atoms with Crippen molar-refractivity contribution in [1.82, 2.24) is 4.90 Å². The molecule has 0 radical (unpaired) electrons. The largest absolute Gasteiger partial charge is 0.394 e. The molecule has 100 valence electrons. The first-order chi connectivity index (χ1) is 9.12. The van der Waals surface area contributed by atoms with Gasteiger partial charge in [0.15, 0.2) is 0 Å². The van der Waals surface area contributed by atoms with Gasteiger partial charge in [0.25, 0.3) is 0 Å². The van der Waals surface area contributed by atoms with Gasteiger partial charge >= 0.3 is 0 Å². The van der Waals surface area contributed by atoms with Gasteiger partial charge in [-0.1, -0.05) is 30.3 Å². The van der Waals surface area contributed by atoms with E-state index in [2.05, 4.69) is 6.07 Å². The van der Waals surface area contributed by atoms with E-state index in [4.69, 9.17) is 0 Å². The molecule has 0 unspecified atom stereocenters. The Morgan fingerprint density at radius 1 is 1.47 bits per heavy atom. The van der Waals surface area contributed by atoms with Gasteiger partial charge in [-0.05, 0) is 25.3 Å². The highest BCUT2D eigenvalue weighted by atomic mass is 16.3. The number of piperidine rings is 1. The van der Waals surface area contributed by atoms with Crippen LogP contribution in [0.5, 0.6) is 0 Å². The molecular formula is C15H18N2O2. The highest BCUT2D eigenvalue weighted by Gasteiger charge is 2.42. The van der Waals surface area contributed by atoms with Crippen molar-refractivity contribution in [1.29, 1.82) is 5.26 Å². The third-order valence-corrected chi connectivity index (χ3v) is 3.76. The van der Waals surface area contributed by atoms with Crippen LogP contribution in [0.15, 0.2) is 30.3 Å². The fourth-order valence-corrected chi connectivity index (χ4v) is 2.74. The maximum Gasteiger partial charge on any atom is 0.224 e. The normalized spacial score (nSPS) is 24.9. The first-order valence-corrected chi connectivity index (χ1v) is 6.51. The minimum atomic E-state index is -0.835. The number of benzene rings is 1. The maximum absolute atomic E-state index is 12.2. The lowest BCUT2D eigenvalue weighted by atomic mass is 9.86. The Kier molecular flexibility index (Phi) is 3.87. The second-order valence-corrected chi connectivity index (χ2v) is 5.11. The van der Waals surface area contributed by atoms with Crippen molar-refractivity contribution < 1.29 is 9.90 Å². The number of likely N-dealkylation sites (tertiary alicyclic amines) is 1. The van der Waals surface area contributed by atoms with Crippen LogP contribution in [0.25, 0.3) is 0 Å². The zero-order valence-electron chi connectivity index (χ0n) is 11.0. The molecule has 0 spiro atoms. The molecule has 0 aliphatic carbocycles. The van der Waals surface area contributed by atoms with Crippen LogP contribution in [-0.4, -0.2) is 28.1 Å². The molecular weight excluding hydrogens is 240 g/mol. The van der Waals surface area contributed by atoms with Crippen molar-refractivity contribution in [3.63, 3.8) is 0 Å². The number of carbonyl (C=O) groups excluding carboxylic acids is 1. The van der Waals surface area contributed by atoms with Crippen LogP contribution >= 0.6 is 0 Å². The first kappa shape index (κ1) is 13.6. The molecule has 1 heterocycles. The average molecular weight is 258 g/mol. The van der Waals surface area contributed by atoms with Crippen LogP contribution in [0.3, 0.4) is 0 Å². The SMILES string of the molecule is C[C@@]1(C#N)CCCC(=O)N1[C@@H](CO)c1ccccc1. The fourth-order valence-electron chi connectivity index (χ4n) is 2.74. The minimum Gasteiger partial charge on any atom is -0.394 e. The summed E-state index contributed by atoms with van der Waals surface area (Å²) in [5.41, 5.74) is 0.0280. The second kappa shape index (κ2) is 5.41. The molecule has 0 aromatic heterocycles. The standard InChI is InChI=1S/C15H18N2O2/c1-15(11-16)9-5-8-14(19)17(15)13(10-18)12-6-3-2-4-7-12/h2-4,6-7,13,18H,5,8-10H2,1H3/t13-,15-/m0/s1. The third kappa shape index (κ3) is 2.47. The molecule has 1 aromatic carbocycles. The summed E-state index contributed by atoms with van der Waals surface area (Å²) in [5.74, 6) is -0.0572. The zero-order chi connectivity index (χ0) is 13.9. The number of nitrogens with zero attached hydrogens (tertiary/aromatic N) is 2. The molecule has 2 atom stereocenters. The number of aliphatic hydroxyl groups excluding tert-OH is 1. The summed E-state index contributed by atoms with van der Waals surface area (Å²) in [6.07, 6.45) is 1.82. The van der Waals surface area contributed by atoms with Crippen molar-refractivity contribution >= 4 is 5.91 Å². The predicted molar refractivity (Wildman–Crippen MR) is 71.0 cm³/mol. The summed E-state index contributed by atoms with van der Waals surface area (Å²) in [6.45, 7) is 1.60. The molecule has 1 aromatic rings. The summed E-state index contributed by atoms with van der Waals surface area (Å²) in [6, 6.07) is 11.2. The summed E-state index contributed by atoms with van der Waals surface area (Å²) in [7, 11) is 0. The highest BCUT2D eigenvalue weighted by Crippen LogP contribution is 2.35. The lowest BCUT2D eigenvalue weighted by molar-refractivity contribution is -0.143. The van der Waals surface area contributed by atoms with E-state index in [0.717, 1.165) is 12.0 Å². The molecule has 1 fully saturated rings. The van der Waals surface area contributed by atoms with Crippen LogP contribution in [0.4, 0.5) is 0 Å². The van der Waals surface area contributed by atoms with Crippen LogP contribution in [0, 0.1) is 11.3 Å². The van der Waals surface area contributed by atoms with Gasteiger partial charge < -0.3 is 10.0 Å². The van der Waals surface area contributed by atoms with Crippen molar-refractivity contribution in [3.8, 4) is 6.07 Å². The predicted octanol–water partition coefficient (Wildman–Crippen LogP) is 2.01. The van der Waals surface area contributed by atoms with Gasteiger partial charge in [0.1, 0.15) is 5.54 Å². The molecule has 1 amide bonds. The van der Waals surface area contributed by atoms with E-state index in [1.54, 1.807) is 11.8 Å². The van der Waals surface area contributed by atoms with Gasteiger partial charge in [0.05, 0.1) is 18.7 Å². The number of amides is 1. The molecule has 19 heavy (non-hydrogen) atoms. The summed E-state index contributed by atoms with van der Waals surface area (Å²) in [5, 5.41) is 19.1. The number of hydrogen-bond donors (Lipinski definition) is 1. The molecule has 1 saturated heterocycles. The Hall–Kier alpha value is -1.86. The maximum atomic E-state index is 12.2. The van der Waals surface area contributed by atoms with E-state index in [-0.39, 0.29) is 12.5 Å². The zero-order valence-corrected chi connectivity index (χ0v) is 11.0. The number of carbonyl (C=O) groups is 1. The lowest BCUT2D eigenvalue weighted by Gasteiger charge is -2.44. The molecule has 1 aliphatic heterocycles. The van der Waals surface area contributed by atoms with Gasteiger partial charge in [0, 0.05) is 6.42 Å². The monoisotopic (exact) mass is 258 g/mol. The average Bonchev–Trinajstić information content (AvgIpc) is 2.44. The van der Waals surface area contributed by atoms with Crippen LogP contribution in [-0.2, 0) is 4.79 Å². The van der Waals surface area contributed by atoms with Crippen LogP contribution in [0.1, 0.15) is 37.8 Å². The number of aliphatic hydroxyl groups is 1. The van der Waals surface area contributed by atoms with E-state index in [0.29, 0.717) is 12.8 Å². The van der Waals surface area contributed by atoms with Gasteiger partial charge in [-0.3, -0.25) is 4.79 Å². The van der Waals surface area contributed by atoms with Gasteiger partial charge in [-0.25, -0.2) is 0 Å². The van der Waals surface area contributed by atoms with Crippen molar-refractivity contribution in [2.45, 2.75) is 37.8 Å². The number of hydrogen-bond acceptors (Lipinski definition) is 3. The summed E-state index contributed by atoms with van der Waals surface area (Å²) < 4.78 is 0. The van der Waals surface area contributed by atoms with Crippen LogP contribution in [0.2, 0.25) is 0 Å². The highest BCUT2D eigenvalue weighted by molar-refractivity contribution is 5.79. The molecule has 1 aliphatic rings. The summed E-state index contributed by atoms with van der Waals surface area (Å²) in [4.78, 5) is 13.8. The van der Waals surface area contributed by atoms with E-state index < -0.39 is 11.6 Å². The lowest BCUT2D eigenvalue weighted by Crippen LogP contribution is -2.54. The Morgan fingerprint density at radius 3 is 2.74 bits per heavy atom. The Bertz CT molecular complexity index is 495. The second-order valence-electron chi connectivity index (χ2n) is 5.11. The molecule has 1 N–H and O–H groups in total. The summed E-state index contributed by atoms with van der Waals surface area (Å²) >= 11 is 0. The smallest absolute Gasteiger partial charge is 0.224 e. The third-order valence-electron chi connectivity index (χ3n) is 3.76. The van der Waals surface area contributed by atoms with Gasteiger partial charge in [-0.2, -0.15) is 5.26 Å².